The van der Waals surface area contributed by atoms with Crippen molar-refractivity contribution in [1.82, 2.24) is 0 Å². The molecule has 5 unspecified atom stereocenters. The molecule has 0 saturated heterocycles. The van der Waals surface area contributed by atoms with E-state index in [0.717, 1.165) is 11.8 Å². The van der Waals surface area contributed by atoms with Crippen molar-refractivity contribution in [2.45, 2.75) is 63.2 Å². The van der Waals surface area contributed by atoms with Gasteiger partial charge in [0.05, 0.1) is 0 Å². The highest BCUT2D eigenvalue weighted by Crippen LogP contribution is 2.69. The summed E-state index contributed by atoms with van der Waals surface area (Å²) in [5.74, 6) is 3.18. The molecule has 5 atom stereocenters. The van der Waals surface area contributed by atoms with Gasteiger partial charge in [-0.1, -0.05) is 160 Å². The van der Waals surface area contributed by atoms with Gasteiger partial charge < -0.3 is 4.90 Å². The third-order valence-corrected chi connectivity index (χ3v) is 16.4. The number of fused-ring (bicyclic) bond motifs is 8. The van der Waals surface area contributed by atoms with Crippen molar-refractivity contribution in [1.29, 1.82) is 0 Å². The Balaban J connectivity index is 1.03. The van der Waals surface area contributed by atoms with Crippen LogP contribution in [0.15, 0.2) is 176 Å². The van der Waals surface area contributed by atoms with Crippen LogP contribution in [0, 0.1) is 23.7 Å². The van der Waals surface area contributed by atoms with Crippen LogP contribution in [0.1, 0.15) is 74.6 Å². The van der Waals surface area contributed by atoms with Crippen LogP contribution in [0.5, 0.6) is 0 Å². The minimum Gasteiger partial charge on any atom is -0.310 e. The van der Waals surface area contributed by atoms with Gasteiger partial charge in [0.15, 0.2) is 0 Å². The van der Waals surface area contributed by atoms with Crippen molar-refractivity contribution < 1.29 is 0 Å². The average molecular weight is 786 g/mol. The van der Waals surface area contributed by atoms with E-state index in [1.54, 1.807) is 11.1 Å². The average Bonchev–Trinajstić information content (AvgIpc) is 3.61. The third-order valence-electron chi connectivity index (χ3n) is 16.4. The number of hydrogen-bond acceptors (Lipinski definition) is 1. The SMILES string of the molecule is CC1(C)c2ccccc2-c2ccc(N(c3ccc(-c4cccc5ccccc45)cc3)c3ccc4c(c3)-c3c(-c5ccccc5)cccc3C43C4CCC5CC(C4)CC3C5)cc21. The highest BCUT2D eigenvalue weighted by molar-refractivity contribution is 5.98. The summed E-state index contributed by atoms with van der Waals surface area (Å²) < 4.78 is 0. The molecule has 0 heterocycles. The standard InChI is InChI=1S/C60H51N/c1-59(2)54-20-9-8-17-51(54)52-30-28-47(37-57(52)59)61(45-26-23-42(24-27-45)49-18-10-15-40-14-6-7-16-48(40)49)46-29-31-55-53(36-46)58-50(41-12-4-3-5-13-41)19-11-21-56(58)60(55)43-25-22-38-32-39(34-43)35-44(60)33-38/h3-21,23-24,26-31,36-39,43-44H,22,25,32-35H2,1-2H3. The lowest BCUT2D eigenvalue weighted by Gasteiger charge is -2.53. The lowest BCUT2D eigenvalue weighted by atomic mass is 9.51. The minimum absolute atomic E-state index is 0.0773. The third kappa shape index (κ3) is 5.07. The maximum Gasteiger partial charge on any atom is 0.0468 e. The van der Waals surface area contributed by atoms with Crippen LogP contribution in [0.4, 0.5) is 17.1 Å². The molecule has 0 amide bonds. The van der Waals surface area contributed by atoms with E-state index in [9.17, 15) is 0 Å². The number of hydrogen-bond donors (Lipinski definition) is 0. The van der Waals surface area contributed by atoms with Gasteiger partial charge in [-0.25, -0.2) is 0 Å². The summed E-state index contributed by atoms with van der Waals surface area (Å²) in [6.07, 6.45) is 8.36. The van der Waals surface area contributed by atoms with Gasteiger partial charge in [-0.3, -0.25) is 0 Å². The smallest absolute Gasteiger partial charge is 0.0468 e. The fourth-order valence-electron chi connectivity index (χ4n) is 13.9. The molecule has 4 bridgehead atoms. The first-order valence-corrected chi connectivity index (χ1v) is 22.9. The number of benzene rings is 8. The lowest BCUT2D eigenvalue weighted by molar-refractivity contribution is 0.0618. The summed E-state index contributed by atoms with van der Waals surface area (Å²) in [7, 11) is 0. The Hall–Kier alpha value is -6.18. The predicted molar refractivity (Wildman–Crippen MR) is 255 cm³/mol. The van der Waals surface area contributed by atoms with E-state index >= 15 is 0 Å². The number of anilines is 3. The summed E-state index contributed by atoms with van der Waals surface area (Å²) >= 11 is 0. The first kappa shape index (κ1) is 35.6. The van der Waals surface area contributed by atoms with Gasteiger partial charge in [0.25, 0.3) is 0 Å². The quantitative estimate of drug-likeness (QED) is 0.168. The maximum absolute atomic E-state index is 2.60. The van der Waals surface area contributed by atoms with Crippen molar-refractivity contribution in [3.05, 3.63) is 198 Å². The Labute approximate surface area is 360 Å². The van der Waals surface area contributed by atoms with E-state index in [2.05, 4.69) is 195 Å². The van der Waals surface area contributed by atoms with Crippen molar-refractivity contribution >= 4 is 27.8 Å². The van der Waals surface area contributed by atoms with E-state index in [-0.39, 0.29) is 10.8 Å². The molecule has 0 radical (unpaired) electrons. The summed E-state index contributed by atoms with van der Waals surface area (Å²) in [6.45, 7) is 4.80. The summed E-state index contributed by atoms with van der Waals surface area (Å²) in [6, 6.07) is 67.3. The van der Waals surface area contributed by atoms with Crippen LogP contribution >= 0.6 is 0 Å². The monoisotopic (exact) mass is 785 g/mol. The predicted octanol–water partition coefficient (Wildman–Crippen LogP) is 16.1. The van der Waals surface area contributed by atoms with Crippen LogP contribution in [0.3, 0.4) is 0 Å². The Morgan fingerprint density at radius 2 is 1.05 bits per heavy atom. The molecule has 0 aliphatic heterocycles. The highest BCUT2D eigenvalue weighted by Gasteiger charge is 2.60. The summed E-state index contributed by atoms with van der Waals surface area (Å²) in [4.78, 5) is 2.55. The zero-order valence-electron chi connectivity index (χ0n) is 35.2. The summed E-state index contributed by atoms with van der Waals surface area (Å²) in [5.41, 5.74) is 20.4. The van der Waals surface area contributed by atoms with Crippen molar-refractivity contribution in [3.63, 3.8) is 0 Å². The zero-order valence-corrected chi connectivity index (χ0v) is 35.2. The molecule has 61 heavy (non-hydrogen) atoms. The van der Waals surface area contributed by atoms with Crippen LogP contribution in [-0.4, -0.2) is 0 Å². The van der Waals surface area contributed by atoms with Crippen LogP contribution in [0.25, 0.3) is 55.3 Å². The summed E-state index contributed by atoms with van der Waals surface area (Å²) in [5, 5.41) is 2.56. The second-order valence-corrected chi connectivity index (χ2v) is 19.6. The molecule has 14 rings (SSSR count). The molecule has 296 valence electrons. The van der Waals surface area contributed by atoms with Crippen LogP contribution in [0.2, 0.25) is 0 Å². The Kier molecular flexibility index (Phi) is 7.67. The fraction of sp³-hybridized carbons (Fsp3) is 0.233. The maximum atomic E-state index is 2.60. The van der Waals surface area contributed by atoms with Gasteiger partial charge in [0.1, 0.15) is 0 Å². The molecule has 4 saturated carbocycles. The molecular weight excluding hydrogens is 735 g/mol. The molecule has 6 aliphatic rings. The van der Waals surface area contributed by atoms with Crippen LogP contribution in [-0.2, 0) is 10.8 Å². The molecule has 4 fully saturated rings. The molecule has 8 aromatic rings. The van der Waals surface area contributed by atoms with Crippen LogP contribution < -0.4 is 4.90 Å². The van der Waals surface area contributed by atoms with Gasteiger partial charge in [-0.2, -0.15) is 0 Å². The zero-order chi connectivity index (χ0) is 40.5. The van der Waals surface area contributed by atoms with Gasteiger partial charge in [0.2, 0.25) is 0 Å². The lowest BCUT2D eigenvalue weighted by Crippen LogP contribution is -2.48. The minimum atomic E-state index is -0.0996. The first-order valence-electron chi connectivity index (χ1n) is 22.9. The molecule has 0 N–H and O–H groups in total. The molecule has 6 aliphatic carbocycles. The second kappa shape index (κ2) is 13.2. The highest BCUT2D eigenvalue weighted by atomic mass is 15.1. The number of rotatable bonds is 5. The van der Waals surface area contributed by atoms with E-state index in [1.807, 2.05) is 0 Å². The van der Waals surface area contributed by atoms with Crippen molar-refractivity contribution in [2.24, 2.45) is 23.7 Å². The normalized spacial score (nSPS) is 23.4. The Bertz CT molecular complexity index is 3030. The van der Waals surface area contributed by atoms with Gasteiger partial charge in [0, 0.05) is 27.9 Å². The topological polar surface area (TPSA) is 3.24 Å². The van der Waals surface area contributed by atoms with E-state index < -0.39 is 0 Å². The largest absolute Gasteiger partial charge is 0.310 e. The molecule has 0 aromatic heterocycles. The van der Waals surface area contributed by atoms with E-state index in [1.165, 1.54) is 122 Å². The number of nitrogens with zero attached hydrogens (tertiary/aromatic N) is 1. The van der Waals surface area contributed by atoms with Gasteiger partial charge in [-0.05, 0) is 170 Å². The van der Waals surface area contributed by atoms with Crippen molar-refractivity contribution in [2.75, 3.05) is 4.90 Å². The second-order valence-electron chi connectivity index (χ2n) is 19.6. The molecule has 1 heteroatoms. The van der Waals surface area contributed by atoms with E-state index in [0.29, 0.717) is 11.8 Å². The van der Waals surface area contributed by atoms with Crippen molar-refractivity contribution in [3.8, 4) is 44.5 Å². The van der Waals surface area contributed by atoms with Gasteiger partial charge >= 0.3 is 0 Å². The Morgan fingerprint density at radius 1 is 0.410 bits per heavy atom. The fourth-order valence-corrected chi connectivity index (χ4v) is 13.9. The molecule has 1 spiro atoms. The Morgan fingerprint density at radius 3 is 1.95 bits per heavy atom. The van der Waals surface area contributed by atoms with Gasteiger partial charge in [-0.15, -0.1) is 0 Å². The molecular formula is C60H51N. The molecule has 1 nitrogen and oxygen atoms in total. The first-order chi connectivity index (χ1) is 30.0. The molecule has 8 aromatic carbocycles. The van der Waals surface area contributed by atoms with E-state index in [4.69, 9.17) is 0 Å².